The van der Waals surface area contributed by atoms with E-state index in [0.29, 0.717) is 10.8 Å². The molecule has 0 saturated heterocycles. The van der Waals surface area contributed by atoms with Crippen molar-refractivity contribution in [3.05, 3.63) is 57.0 Å². The Kier molecular flexibility index (Phi) is 6.63. The summed E-state index contributed by atoms with van der Waals surface area (Å²) >= 11 is 9.31. The number of halogens is 2. The third-order valence-electron chi connectivity index (χ3n) is 3.07. The van der Waals surface area contributed by atoms with Gasteiger partial charge in [-0.3, -0.25) is 4.79 Å². The Morgan fingerprint density at radius 2 is 2.04 bits per heavy atom. The lowest BCUT2D eigenvalue weighted by Crippen LogP contribution is -2.24. The predicted octanol–water partition coefficient (Wildman–Crippen LogP) is 3.95. The Morgan fingerprint density at radius 3 is 2.71 bits per heavy atom. The number of rotatable bonds is 6. The lowest BCUT2D eigenvalue weighted by atomic mass is 10.1. The van der Waals surface area contributed by atoms with E-state index in [2.05, 4.69) is 26.5 Å². The summed E-state index contributed by atoms with van der Waals surface area (Å²) < 4.78 is 11.4. The fourth-order valence-corrected chi connectivity index (χ4v) is 2.66. The van der Waals surface area contributed by atoms with Gasteiger partial charge in [-0.05, 0) is 54.4 Å². The molecule has 0 aliphatic rings. The number of hydrazone groups is 1. The van der Waals surface area contributed by atoms with Crippen LogP contribution in [-0.4, -0.2) is 25.8 Å². The lowest BCUT2D eigenvalue weighted by molar-refractivity contribution is -0.123. The van der Waals surface area contributed by atoms with Gasteiger partial charge >= 0.3 is 0 Å². The van der Waals surface area contributed by atoms with Crippen LogP contribution in [0.25, 0.3) is 0 Å². The number of ether oxygens (including phenoxy) is 2. The van der Waals surface area contributed by atoms with E-state index in [0.717, 1.165) is 21.3 Å². The number of carbonyl (C=O) groups excluding carboxylic acids is 1. The molecule has 0 unspecified atom stereocenters. The van der Waals surface area contributed by atoms with E-state index in [9.17, 15) is 4.79 Å². The maximum absolute atomic E-state index is 11.7. The summed E-state index contributed by atoms with van der Waals surface area (Å²) in [5.41, 5.74) is 4.24. The summed E-state index contributed by atoms with van der Waals surface area (Å²) in [6.07, 6.45) is 1.55. The van der Waals surface area contributed by atoms with Gasteiger partial charge in [0.05, 0.1) is 18.3 Å². The molecule has 2 aromatic rings. The zero-order valence-electron chi connectivity index (χ0n) is 13.2. The zero-order valence-corrected chi connectivity index (χ0v) is 15.5. The van der Waals surface area contributed by atoms with Gasteiger partial charge in [0.25, 0.3) is 5.91 Å². The molecule has 0 heterocycles. The Morgan fingerprint density at radius 1 is 1.29 bits per heavy atom. The van der Waals surface area contributed by atoms with Crippen LogP contribution < -0.4 is 14.9 Å². The van der Waals surface area contributed by atoms with E-state index < -0.39 is 0 Å². The van der Waals surface area contributed by atoms with Crippen molar-refractivity contribution in [2.24, 2.45) is 5.10 Å². The van der Waals surface area contributed by atoms with E-state index in [4.69, 9.17) is 21.1 Å². The van der Waals surface area contributed by atoms with Gasteiger partial charge in [-0.2, -0.15) is 5.10 Å². The fourth-order valence-electron chi connectivity index (χ4n) is 1.93. The molecule has 1 amide bonds. The minimum atomic E-state index is -0.379. The van der Waals surface area contributed by atoms with Crippen molar-refractivity contribution in [2.45, 2.75) is 6.92 Å². The van der Waals surface area contributed by atoms with E-state index in [1.165, 1.54) is 0 Å². The molecule has 0 fully saturated rings. The van der Waals surface area contributed by atoms with Crippen LogP contribution in [0.3, 0.4) is 0 Å². The first-order valence-corrected chi connectivity index (χ1v) is 8.21. The maximum atomic E-state index is 11.7. The highest BCUT2D eigenvalue weighted by Crippen LogP contribution is 2.27. The number of aryl methyl sites for hydroxylation is 1. The number of benzene rings is 2. The lowest BCUT2D eigenvalue weighted by Gasteiger charge is -2.07. The van der Waals surface area contributed by atoms with E-state index in [1.807, 2.05) is 25.1 Å². The van der Waals surface area contributed by atoms with Gasteiger partial charge in [0, 0.05) is 4.47 Å². The molecule has 126 valence electrons. The van der Waals surface area contributed by atoms with Crippen molar-refractivity contribution in [3.8, 4) is 11.5 Å². The van der Waals surface area contributed by atoms with Crippen LogP contribution in [0.1, 0.15) is 11.1 Å². The molecule has 0 aliphatic heterocycles. The SMILES string of the molecule is COc1ccc(C=NNC(=O)COc2ccc(Br)cc2Cl)cc1C. The molecular weight excluding hydrogens is 396 g/mol. The second kappa shape index (κ2) is 8.70. The molecule has 0 bridgehead atoms. The summed E-state index contributed by atoms with van der Waals surface area (Å²) in [6.45, 7) is 1.75. The highest BCUT2D eigenvalue weighted by atomic mass is 79.9. The van der Waals surface area contributed by atoms with Crippen LogP contribution in [0.2, 0.25) is 5.02 Å². The van der Waals surface area contributed by atoms with Crippen LogP contribution in [0.4, 0.5) is 0 Å². The normalized spacial score (nSPS) is 10.7. The Hall–Kier alpha value is -2.05. The predicted molar refractivity (Wildman–Crippen MR) is 98.1 cm³/mol. The van der Waals surface area contributed by atoms with E-state index in [-0.39, 0.29) is 12.5 Å². The summed E-state index contributed by atoms with van der Waals surface area (Å²) in [6, 6.07) is 10.8. The van der Waals surface area contributed by atoms with Gasteiger partial charge < -0.3 is 9.47 Å². The van der Waals surface area contributed by atoms with Crippen molar-refractivity contribution in [1.29, 1.82) is 0 Å². The summed E-state index contributed by atoms with van der Waals surface area (Å²) in [7, 11) is 1.62. The van der Waals surface area contributed by atoms with Crippen molar-refractivity contribution >= 4 is 39.7 Å². The molecule has 1 N–H and O–H groups in total. The quantitative estimate of drug-likeness (QED) is 0.578. The van der Waals surface area contributed by atoms with Gasteiger partial charge in [-0.25, -0.2) is 5.43 Å². The minimum absolute atomic E-state index is 0.180. The second-order valence-electron chi connectivity index (χ2n) is 4.89. The summed E-state index contributed by atoms with van der Waals surface area (Å²) in [4.78, 5) is 11.7. The van der Waals surface area contributed by atoms with Crippen LogP contribution in [0, 0.1) is 6.92 Å². The molecule has 2 rings (SSSR count). The van der Waals surface area contributed by atoms with Gasteiger partial charge in [0.1, 0.15) is 11.5 Å². The first kappa shape index (κ1) is 18.3. The Labute approximate surface area is 153 Å². The molecule has 0 aromatic heterocycles. The molecular formula is C17H16BrClN2O3. The third kappa shape index (κ3) is 5.25. The van der Waals surface area contributed by atoms with Gasteiger partial charge in [-0.1, -0.05) is 27.5 Å². The van der Waals surface area contributed by atoms with Gasteiger partial charge in [0.2, 0.25) is 0 Å². The zero-order chi connectivity index (χ0) is 17.5. The minimum Gasteiger partial charge on any atom is -0.496 e. The molecule has 7 heteroatoms. The highest BCUT2D eigenvalue weighted by Gasteiger charge is 2.05. The van der Waals surface area contributed by atoms with E-state index in [1.54, 1.807) is 31.5 Å². The standard InChI is InChI=1S/C17H16BrClN2O3/c1-11-7-12(3-5-15(11)23-2)9-20-21-17(22)10-24-16-6-4-13(18)8-14(16)19/h3-9H,10H2,1-2H3,(H,21,22). The Bertz CT molecular complexity index is 765. The number of nitrogens with one attached hydrogen (secondary N) is 1. The number of methoxy groups -OCH3 is 1. The van der Waals surface area contributed by atoms with Crippen LogP contribution >= 0.6 is 27.5 Å². The molecule has 5 nitrogen and oxygen atoms in total. The van der Waals surface area contributed by atoms with Crippen molar-refractivity contribution in [1.82, 2.24) is 5.43 Å². The number of hydrogen-bond acceptors (Lipinski definition) is 4. The van der Waals surface area contributed by atoms with Gasteiger partial charge in [-0.15, -0.1) is 0 Å². The number of amides is 1. The monoisotopic (exact) mass is 410 g/mol. The highest BCUT2D eigenvalue weighted by molar-refractivity contribution is 9.10. The van der Waals surface area contributed by atoms with Crippen LogP contribution in [0.5, 0.6) is 11.5 Å². The number of carbonyl (C=O) groups is 1. The molecule has 24 heavy (non-hydrogen) atoms. The summed E-state index contributed by atoms with van der Waals surface area (Å²) in [5, 5.41) is 4.33. The Balaban J connectivity index is 1.85. The summed E-state index contributed by atoms with van der Waals surface area (Å²) in [5.74, 6) is 0.858. The van der Waals surface area contributed by atoms with Crippen LogP contribution in [-0.2, 0) is 4.79 Å². The van der Waals surface area contributed by atoms with E-state index >= 15 is 0 Å². The molecule has 2 aromatic carbocycles. The first-order chi connectivity index (χ1) is 11.5. The maximum Gasteiger partial charge on any atom is 0.277 e. The molecule has 0 atom stereocenters. The number of hydrogen-bond donors (Lipinski definition) is 1. The molecule has 0 aliphatic carbocycles. The van der Waals surface area contributed by atoms with Crippen molar-refractivity contribution in [3.63, 3.8) is 0 Å². The smallest absolute Gasteiger partial charge is 0.277 e. The molecule has 0 spiro atoms. The second-order valence-corrected chi connectivity index (χ2v) is 6.21. The van der Waals surface area contributed by atoms with Crippen molar-refractivity contribution in [2.75, 3.05) is 13.7 Å². The average Bonchev–Trinajstić information content (AvgIpc) is 2.54. The molecule has 0 radical (unpaired) electrons. The average molecular weight is 412 g/mol. The first-order valence-electron chi connectivity index (χ1n) is 7.04. The molecule has 0 saturated carbocycles. The van der Waals surface area contributed by atoms with Gasteiger partial charge in [0.15, 0.2) is 6.61 Å². The number of nitrogens with zero attached hydrogens (tertiary/aromatic N) is 1. The third-order valence-corrected chi connectivity index (χ3v) is 3.86. The topological polar surface area (TPSA) is 59.9 Å². The largest absolute Gasteiger partial charge is 0.496 e. The fraction of sp³-hybridized carbons (Fsp3) is 0.176. The van der Waals surface area contributed by atoms with Crippen molar-refractivity contribution < 1.29 is 14.3 Å². The van der Waals surface area contributed by atoms with Crippen LogP contribution in [0.15, 0.2) is 46.0 Å².